The number of aromatic nitrogens is 2. The van der Waals surface area contributed by atoms with Gasteiger partial charge in [-0.3, -0.25) is 4.79 Å². The lowest BCUT2D eigenvalue weighted by Gasteiger charge is -2.05. The van der Waals surface area contributed by atoms with Gasteiger partial charge in [-0.2, -0.15) is 9.97 Å². The quantitative estimate of drug-likeness (QED) is 0.767. The highest BCUT2D eigenvalue weighted by Crippen LogP contribution is 2.15. The SMILES string of the molecule is COc1cc(CC(=O)c2ccccc2)nc(OC)n1. The van der Waals surface area contributed by atoms with Crippen molar-refractivity contribution in [3.63, 3.8) is 0 Å². The lowest BCUT2D eigenvalue weighted by atomic mass is 10.1. The van der Waals surface area contributed by atoms with Gasteiger partial charge in [-0.25, -0.2) is 0 Å². The molecule has 0 spiro atoms. The van der Waals surface area contributed by atoms with Gasteiger partial charge in [-0.05, 0) is 0 Å². The van der Waals surface area contributed by atoms with E-state index in [1.807, 2.05) is 18.2 Å². The van der Waals surface area contributed by atoms with Crippen molar-refractivity contribution in [3.8, 4) is 11.9 Å². The van der Waals surface area contributed by atoms with E-state index in [1.54, 1.807) is 18.2 Å². The number of hydrogen-bond acceptors (Lipinski definition) is 5. The topological polar surface area (TPSA) is 61.3 Å². The van der Waals surface area contributed by atoms with Gasteiger partial charge in [0, 0.05) is 11.6 Å². The van der Waals surface area contributed by atoms with Gasteiger partial charge in [-0.15, -0.1) is 0 Å². The minimum absolute atomic E-state index is 0.0107. The van der Waals surface area contributed by atoms with Crippen LogP contribution in [-0.4, -0.2) is 30.0 Å². The summed E-state index contributed by atoms with van der Waals surface area (Å²) in [6.45, 7) is 0. The first kappa shape index (κ1) is 13.0. The fraction of sp³-hybridized carbons (Fsp3) is 0.214. The van der Waals surface area contributed by atoms with Gasteiger partial charge < -0.3 is 9.47 Å². The van der Waals surface area contributed by atoms with Crippen molar-refractivity contribution in [3.05, 3.63) is 47.7 Å². The average Bonchev–Trinajstić information content (AvgIpc) is 2.47. The smallest absolute Gasteiger partial charge is 0.319 e. The summed E-state index contributed by atoms with van der Waals surface area (Å²) in [4.78, 5) is 20.2. The first-order chi connectivity index (χ1) is 9.22. The molecular weight excluding hydrogens is 244 g/mol. The number of ketones is 1. The highest BCUT2D eigenvalue weighted by atomic mass is 16.5. The van der Waals surface area contributed by atoms with E-state index >= 15 is 0 Å². The summed E-state index contributed by atoms with van der Waals surface area (Å²) >= 11 is 0. The molecule has 0 aliphatic rings. The number of carbonyl (C=O) groups excluding carboxylic acids is 1. The largest absolute Gasteiger partial charge is 0.481 e. The molecule has 1 aromatic carbocycles. The average molecular weight is 258 g/mol. The van der Waals surface area contributed by atoms with Crippen molar-refractivity contribution in [2.24, 2.45) is 0 Å². The van der Waals surface area contributed by atoms with Crippen molar-refractivity contribution >= 4 is 5.78 Å². The maximum atomic E-state index is 12.1. The molecule has 19 heavy (non-hydrogen) atoms. The van der Waals surface area contributed by atoms with Gasteiger partial charge >= 0.3 is 6.01 Å². The van der Waals surface area contributed by atoms with Crippen LogP contribution in [0, 0.1) is 0 Å². The van der Waals surface area contributed by atoms with Crippen LogP contribution in [0.1, 0.15) is 16.1 Å². The van der Waals surface area contributed by atoms with Crippen LogP contribution in [0.2, 0.25) is 0 Å². The fourth-order valence-electron chi connectivity index (χ4n) is 1.63. The maximum Gasteiger partial charge on any atom is 0.319 e. The summed E-state index contributed by atoms with van der Waals surface area (Å²) in [7, 11) is 2.97. The Balaban J connectivity index is 2.21. The minimum Gasteiger partial charge on any atom is -0.481 e. The van der Waals surface area contributed by atoms with Gasteiger partial charge in [0.15, 0.2) is 5.78 Å². The molecule has 0 aliphatic heterocycles. The summed E-state index contributed by atoms with van der Waals surface area (Å²) < 4.78 is 10.0. The minimum atomic E-state index is -0.0107. The molecule has 0 atom stereocenters. The zero-order chi connectivity index (χ0) is 13.7. The van der Waals surface area contributed by atoms with Gasteiger partial charge in [0.1, 0.15) is 0 Å². The van der Waals surface area contributed by atoms with Crippen LogP contribution in [0.25, 0.3) is 0 Å². The number of ether oxygens (including phenoxy) is 2. The van der Waals surface area contributed by atoms with Crippen molar-refractivity contribution in [1.82, 2.24) is 9.97 Å². The van der Waals surface area contributed by atoms with Crippen LogP contribution in [-0.2, 0) is 6.42 Å². The van der Waals surface area contributed by atoms with Crippen molar-refractivity contribution in [2.75, 3.05) is 14.2 Å². The van der Waals surface area contributed by atoms with Crippen LogP contribution >= 0.6 is 0 Å². The van der Waals surface area contributed by atoms with E-state index in [4.69, 9.17) is 9.47 Å². The van der Waals surface area contributed by atoms with E-state index in [0.717, 1.165) is 0 Å². The standard InChI is InChI=1S/C14H14N2O3/c1-18-13-9-11(15-14(16-13)19-2)8-12(17)10-6-4-3-5-7-10/h3-7,9H,8H2,1-2H3. The van der Waals surface area contributed by atoms with Crippen molar-refractivity contribution in [2.45, 2.75) is 6.42 Å². The molecule has 1 heterocycles. The van der Waals surface area contributed by atoms with Gasteiger partial charge in [0.25, 0.3) is 0 Å². The lowest BCUT2D eigenvalue weighted by molar-refractivity contribution is 0.0991. The van der Waals surface area contributed by atoms with Gasteiger partial charge in [0.2, 0.25) is 5.88 Å². The van der Waals surface area contributed by atoms with Crippen molar-refractivity contribution in [1.29, 1.82) is 0 Å². The third-order valence-electron chi connectivity index (χ3n) is 2.56. The predicted octanol–water partition coefficient (Wildman–Crippen LogP) is 1.92. The number of nitrogens with zero attached hydrogens (tertiary/aromatic N) is 2. The second-order valence-electron chi connectivity index (χ2n) is 3.85. The van der Waals surface area contributed by atoms with E-state index in [1.165, 1.54) is 14.2 Å². The molecule has 5 nitrogen and oxygen atoms in total. The summed E-state index contributed by atoms with van der Waals surface area (Å²) in [5.74, 6) is 0.367. The molecule has 0 N–H and O–H groups in total. The Morgan fingerprint density at radius 1 is 1.11 bits per heavy atom. The number of Topliss-reactive ketones (excluding diaryl/α,β-unsaturated/α-hetero) is 1. The van der Waals surface area contributed by atoms with Crippen LogP contribution in [0.3, 0.4) is 0 Å². The first-order valence-electron chi connectivity index (χ1n) is 5.77. The molecule has 0 bridgehead atoms. The Morgan fingerprint density at radius 2 is 1.84 bits per heavy atom. The first-order valence-corrected chi connectivity index (χ1v) is 5.77. The maximum absolute atomic E-state index is 12.1. The highest BCUT2D eigenvalue weighted by molar-refractivity contribution is 5.97. The summed E-state index contributed by atoms with van der Waals surface area (Å²) in [6, 6.07) is 10.9. The summed E-state index contributed by atoms with van der Waals surface area (Å²) in [6.07, 6.45) is 0.180. The van der Waals surface area contributed by atoms with Crippen LogP contribution in [0.5, 0.6) is 11.9 Å². The van der Waals surface area contributed by atoms with Gasteiger partial charge in [-0.1, -0.05) is 30.3 Å². The zero-order valence-corrected chi connectivity index (χ0v) is 10.8. The van der Waals surface area contributed by atoms with Crippen LogP contribution in [0.15, 0.2) is 36.4 Å². The third-order valence-corrected chi connectivity index (χ3v) is 2.56. The Kier molecular flexibility index (Phi) is 4.07. The van der Waals surface area contributed by atoms with Crippen molar-refractivity contribution < 1.29 is 14.3 Å². The number of methoxy groups -OCH3 is 2. The molecule has 2 aromatic rings. The van der Waals surface area contributed by atoms with Crippen LogP contribution in [0.4, 0.5) is 0 Å². The molecule has 5 heteroatoms. The Bertz CT molecular complexity index is 548. The Morgan fingerprint density at radius 3 is 2.47 bits per heavy atom. The molecular formula is C14H14N2O3. The molecule has 0 saturated carbocycles. The van der Waals surface area contributed by atoms with Crippen LogP contribution < -0.4 is 9.47 Å². The molecule has 1 aromatic heterocycles. The Hall–Kier alpha value is -2.43. The van der Waals surface area contributed by atoms with E-state index < -0.39 is 0 Å². The molecule has 0 amide bonds. The van der Waals surface area contributed by atoms with E-state index in [-0.39, 0.29) is 18.2 Å². The Labute approximate surface area is 111 Å². The monoisotopic (exact) mass is 258 g/mol. The lowest BCUT2D eigenvalue weighted by Crippen LogP contribution is -2.07. The summed E-state index contributed by atoms with van der Waals surface area (Å²) in [5, 5.41) is 0. The fourth-order valence-corrected chi connectivity index (χ4v) is 1.63. The number of benzene rings is 1. The van der Waals surface area contributed by atoms with Gasteiger partial charge in [0.05, 0.1) is 26.3 Å². The van der Waals surface area contributed by atoms with E-state index in [9.17, 15) is 4.79 Å². The summed E-state index contributed by atoms with van der Waals surface area (Å²) in [5.41, 5.74) is 1.22. The molecule has 2 rings (SSSR count). The molecule has 0 radical (unpaired) electrons. The molecule has 98 valence electrons. The third kappa shape index (κ3) is 3.28. The number of hydrogen-bond donors (Lipinski definition) is 0. The second-order valence-corrected chi connectivity index (χ2v) is 3.85. The van der Waals surface area contributed by atoms with E-state index in [2.05, 4.69) is 9.97 Å². The number of rotatable bonds is 5. The zero-order valence-electron chi connectivity index (χ0n) is 10.8. The predicted molar refractivity (Wildman–Crippen MR) is 69.6 cm³/mol. The highest BCUT2D eigenvalue weighted by Gasteiger charge is 2.11. The normalized spacial score (nSPS) is 10.0. The molecule has 0 fully saturated rings. The molecule has 0 aliphatic carbocycles. The molecule has 0 unspecified atom stereocenters. The molecule has 0 saturated heterocycles. The van der Waals surface area contributed by atoms with E-state index in [0.29, 0.717) is 17.1 Å². The second kappa shape index (κ2) is 5.95. The number of carbonyl (C=O) groups is 1.